The standard InChI is InChI=1S/C28H29N3O3/c32-27(23-9-5-2-6-10-23)30-25-15-13-24(14-16-25)28(33)31-29-19-21-11-17-26(18-12-21)34-20-22-7-3-1-4-8-22/h1,3-4,7-8,11-19,23H,2,5-6,9-10,20H2,(H,30,32)(H,31,33)/b29-19+. The number of rotatable bonds is 8. The van der Waals surface area contributed by atoms with E-state index in [4.69, 9.17) is 4.74 Å². The molecule has 0 heterocycles. The van der Waals surface area contributed by atoms with Crippen molar-refractivity contribution in [2.45, 2.75) is 38.7 Å². The highest BCUT2D eigenvalue weighted by Gasteiger charge is 2.21. The van der Waals surface area contributed by atoms with Crippen LogP contribution in [0.5, 0.6) is 5.75 Å². The van der Waals surface area contributed by atoms with Gasteiger partial charge in [0.05, 0.1) is 6.21 Å². The predicted octanol–water partition coefficient (Wildman–Crippen LogP) is 5.55. The Hall–Kier alpha value is -3.93. The van der Waals surface area contributed by atoms with E-state index in [0.717, 1.165) is 42.6 Å². The molecule has 2 N–H and O–H groups in total. The van der Waals surface area contributed by atoms with E-state index in [2.05, 4.69) is 15.8 Å². The van der Waals surface area contributed by atoms with Crippen molar-refractivity contribution in [2.75, 3.05) is 5.32 Å². The SMILES string of the molecule is O=C(N/N=C/c1ccc(OCc2ccccc2)cc1)c1ccc(NC(=O)C2CCCCC2)cc1. The number of anilines is 1. The number of carbonyl (C=O) groups excluding carboxylic acids is 2. The second-order valence-corrected chi connectivity index (χ2v) is 8.44. The number of benzene rings is 3. The van der Waals surface area contributed by atoms with Crippen molar-refractivity contribution in [3.63, 3.8) is 0 Å². The van der Waals surface area contributed by atoms with Crippen molar-refractivity contribution >= 4 is 23.7 Å². The van der Waals surface area contributed by atoms with Gasteiger partial charge in [-0.2, -0.15) is 5.10 Å². The average Bonchev–Trinajstić information content (AvgIpc) is 2.89. The van der Waals surface area contributed by atoms with Gasteiger partial charge >= 0.3 is 0 Å². The highest BCUT2D eigenvalue weighted by molar-refractivity contribution is 5.96. The second-order valence-electron chi connectivity index (χ2n) is 8.44. The quantitative estimate of drug-likeness (QED) is 0.345. The highest BCUT2D eigenvalue weighted by atomic mass is 16.5. The molecule has 0 spiro atoms. The van der Waals surface area contributed by atoms with E-state index in [0.29, 0.717) is 17.9 Å². The molecule has 0 aliphatic heterocycles. The number of hydrogen-bond donors (Lipinski definition) is 2. The summed E-state index contributed by atoms with van der Waals surface area (Å²) in [6.45, 7) is 0.507. The minimum atomic E-state index is -0.316. The normalized spacial score (nSPS) is 14.0. The van der Waals surface area contributed by atoms with Crippen LogP contribution in [0, 0.1) is 5.92 Å². The molecular weight excluding hydrogens is 426 g/mol. The monoisotopic (exact) mass is 455 g/mol. The van der Waals surface area contributed by atoms with Gasteiger partial charge in [0.25, 0.3) is 5.91 Å². The zero-order valence-corrected chi connectivity index (χ0v) is 19.1. The summed E-state index contributed by atoms with van der Waals surface area (Å²) in [6.07, 6.45) is 6.93. The first kappa shape index (κ1) is 23.2. The smallest absolute Gasteiger partial charge is 0.271 e. The van der Waals surface area contributed by atoms with Crippen molar-refractivity contribution in [3.8, 4) is 5.75 Å². The van der Waals surface area contributed by atoms with Crippen LogP contribution < -0.4 is 15.5 Å². The van der Waals surface area contributed by atoms with E-state index < -0.39 is 0 Å². The predicted molar refractivity (Wildman–Crippen MR) is 134 cm³/mol. The lowest BCUT2D eigenvalue weighted by molar-refractivity contribution is -0.120. The van der Waals surface area contributed by atoms with Gasteiger partial charge in [0, 0.05) is 17.2 Å². The minimum Gasteiger partial charge on any atom is -0.489 e. The zero-order valence-electron chi connectivity index (χ0n) is 19.1. The fraction of sp³-hybridized carbons (Fsp3) is 0.250. The Morgan fingerprint density at radius 2 is 1.59 bits per heavy atom. The van der Waals surface area contributed by atoms with E-state index in [-0.39, 0.29) is 17.7 Å². The first-order valence-electron chi connectivity index (χ1n) is 11.7. The number of ether oxygens (including phenoxy) is 1. The molecule has 0 saturated heterocycles. The Labute approximate surface area is 200 Å². The molecule has 0 bridgehead atoms. The Bertz CT molecular complexity index is 1100. The Balaban J connectivity index is 1.23. The van der Waals surface area contributed by atoms with Gasteiger partial charge in [0.15, 0.2) is 0 Å². The zero-order chi connectivity index (χ0) is 23.6. The fourth-order valence-corrected chi connectivity index (χ4v) is 3.94. The number of carbonyl (C=O) groups is 2. The number of amides is 2. The molecule has 0 aromatic heterocycles. The van der Waals surface area contributed by atoms with Crippen molar-refractivity contribution < 1.29 is 14.3 Å². The van der Waals surface area contributed by atoms with Crippen LogP contribution in [0.15, 0.2) is 84.0 Å². The summed E-state index contributed by atoms with van der Waals surface area (Å²) >= 11 is 0. The van der Waals surface area contributed by atoms with Gasteiger partial charge in [-0.3, -0.25) is 9.59 Å². The number of nitrogens with zero attached hydrogens (tertiary/aromatic N) is 1. The molecule has 6 nitrogen and oxygen atoms in total. The second kappa shape index (κ2) is 11.8. The third-order valence-electron chi connectivity index (χ3n) is 5.90. The van der Waals surface area contributed by atoms with Crippen LogP contribution in [0.2, 0.25) is 0 Å². The first-order valence-corrected chi connectivity index (χ1v) is 11.7. The van der Waals surface area contributed by atoms with Crippen LogP contribution in [0.3, 0.4) is 0 Å². The van der Waals surface area contributed by atoms with Crippen LogP contribution in [-0.4, -0.2) is 18.0 Å². The van der Waals surface area contributed by atoms with Crippen LogP contribution in [0.4, 0.5) is 5.69 Å². The summed E-state index contributed by atoms with van der Waals surface area (Å²) in [5.74, 6) is 0.610. The molecule has 0 radical (unpaired) electrons. The summed E-state index contributed by atoms with van der Waals surface area (Å²) in [7, 11) is 0. The van der Waals surface area contributed by atoms with E-state index in [1.165, 1.54) is 6.42 Å². The van der Waals surface area contributed by atoms with Gasteiger partial charge in [0.2, 0.25) is 5.91 Å². The molecule has 0 unspecified atom stereocenters. The maximum Gasteiger partial charge on any atom is 0.271 e. The Morgan fingerprint density at radius 1 is 0.882 bits per heavy atom. The molecule has 3 aromatic carbocycles. The molecule has 3 aromatic rings. The summed E-state index contributed by atoms with van der Waals surface area (Å²) in [5.41, 5.74) is 5.65. The van der Waals surface area contributed by atoms with Crippen LogP contribution in [0.25, 0.3) is 0 Å². The third kappa shape index (κ3) is 6.78. The summed E-state index contributed by atoms with van der Waals surface area (Å²) in [5, 5.41) is 6.99. The van der Waals surface area contributed by atoms with E-state index in [1.807, 2.05) is 54.6 Å². The molecule has 2 amide bonds. The summed E-state index contributed by atoms with van der Waals surface area (Å²) in [6, 6.07) is 24.3. The van der Waals surface area contributed by atoms with E-state index in [1.54, 1.807) is 30.5 Å². The highest BCUT2D eigenvalue weighted by Crippen LogP contribution is 2.25. The van der Waals surface area contributed by atoms with Crippen LogP contribution in [0.1, 0.15) is 53.6 Å². The minimum absolute atomic E-state index is 0.0676. The van der Waals surface area contributed by atoms with Gasteiger partial charge in [-0.15, -0.1) is 0 Å². The number of nitrogens with one attached hydrogen (secondary N) is 2. The van der Waals surface area contributed by atoms with Crippen molar-refractivity contribution in [1.82, 2.24) is 5.43 Å². The van der Waals surface area contributed by atoms with Gasteiger partial charge < -0.3 is 10.1 Å². The van der Waals surface area contributed by atoms with Crippen LogP contribution in [-0.2, 0) is 11.4 Å². The largest absolute Gasteiger partial charge is 0.489 e. The molecule has 174 valence electrons. The maximum absolute atomic E-state index is 12.4. The summed E-state index contributed by atoms with van der Waals surface area (Å²) in [4.78, 5) is 24.7. The lowest BCUT2D eigenvalue weighted by Crippen LogP contribution is -2.24. The molecule has 6 heteroatoms. The van der Waals surface area contributed by atoms with Crippen LogP contribution >= 0.6 is 0 Å². The van der Waals surface area contributed by atoms with Crippen molar-refractivity contribution in [1.29, 1.82) is 0 Å². The van der Waals surface area contributed by atoms with Gasteiger partial charge in [-0.25, -0.2) is 5.43 Å². The molecule has 1 aliphatic carbocycles. The average molecular weight is 456 g/mol. The van der Waals surface area contributed by atoms with E-state index >= 15 is 0 Å². The molecule has 1 saturated carbocycles. The van der Waals surface area contributed by atoms with Crippen molar-refractivity contribution in [3.05, 3.63) is 95.6 Å². The van der Waals surface area contributed by atoms with Gasteiger partial charge in [-0.1, -0.05) is 49.6 Å². The molecule has 0 atom stereocenters. The Kier molecular flexibility index (Phi) is 8.06. The lowest BCUT2D eigenvalue weighted by Gasteiger charge is -2.20. The van der Waals surface area contributed by atoms with Gasteiger partial charge in [-0.05, 0) is 72.5 Å². The maximum atomic E-state index is 12.4. The summed E-state index contributed by atoms with van der Waals surface area (Å²) < 4.78 is 5.78. The first-order chi connectivity index (χ1) is 16.7. The Morgan fingerprint density at radius 3 is 2.29 bits per heavy atom. The molecule has 34 heavy (non-hydrogen) atoms. The third-order valence-corrected chi connectivity index (χ3v) is 5.90. The molecular formula is C28H29N3O3. The molecule has 4 rings (SSSR count). The molecule has 1 fully saturated rings. The fourth-order valence-electron chi connectivity index (χ4n) is 3.94. The number of hydrogen-bond acceptors (Lipinski definition) is 4. The topological polar surface area (TPSA) is 79.8 Å². The lowest BCUT2D eigenvalue weighted by atomic mass is 9.88. The van der Waals surface area contributed by atoms with E-state index in [9.17, 15) is 9.59 Å². The molecule has 1 aliphatic rings. The van der Waals surface area contributed by atoms with Gasteiger partial charge in [0.1, 0.15) is 12.4 Å². The number of hydrazone groups is 1. The van der Waals surface area contributed by atoms with Crippen molar-refractivity contribution in [2.24, 2.45) is 11.0 Å².